The van der Waals surface area contributed by atoms with Crippen LogP contribution in [-0.2, 0) is 11.3 Å². The van der Waals surface area contributed by atoms with Crippen LogP contribution >= 0.6 is 0 Å². The number of amides is 1. The van der Waals surface area contributed by atoms with Gasteiger partial charge in [-0.15, -0.1) is 0 Å². The largest absolute Gasteiger partial charge is 0.335 e. The van der Waals surface area contributed by atoms with Gasteiger partial charge < -0.3 is 10.6 Å². The first-order valence-electron chi connectivity index (χ1n) is 7.47. The van der Waals surface area contributed by atoms with Gasteiger partial charge in [0.15, 0.2) is 0 Å². The molecule has 0 heterocycles. The highest BCUT2D eigenvalue weighted by molar-refractivity contribution is 5.79. The van der Waals surface area contributed by atoms with Crippen molar-refractivity contribution in [2.24, 2.45) is 11.7 Å². The van der Waals surface area contributed by atoms with E-state index >= 15 is 0 Å². The van der Waals surface area contributed by atoms with Gasteiger partial charge in [0.1, 0.15) is 11.6 Å². The van der Waals surface area contributed by atoms with Crippen LogP contribution in [0.3, 0.4) is 0 Å². The van der Waals surface area contributed by atoms with Crippen LogP contribution in [0.15, 0.2) is 18.2 Å². The second kappa shape index (κ2) is 6.98. The Kier molecular flexibility index (Phi) is 5.28. The normalized spacial score (nSPS) is 17.0. The van der Waals surface area contributed by atoms with Crippen LogP contribution < -0.4 is 5.73 Å². The average Bonchev–Trinajstić information content (AvgIpc) is 3.00. The maximum Gasteiger partial charge on any atom is 0.227 e. The molecule has 0 radical (unpaired) electrons. The van der Waals surface area contributed by atoms with Crippen molar-refractivity contribution in [3.63, 3.8) is 0 Å². The average molecular weight is 296 g/mol. The van der Waals surface area contributed by atoms with E-state index in [-0.39, 0.29) is 36.5 Å². The van der Waals surface area contributed by atoms with Gasteiger partial charge in [0.2, 0.25) is 5.91 Å². The summed E-state index contributed by atoms with van der Waals surface area (Å²) >= 11 is 0. The Bertz CT molecular complexity index is 501. The summed E-state index contributed by atoms with van der Waals surface area (Å²) in [5.41, 5.74) is 5.80. The predicted molar refractivity (Wildman–Crippen MR) is 77.4 cm³/mol. The standard InChI is InChI=1S/C16H22F2N2O/c1-11(9-19)16(21)20(14-4-2-3-5-14)10-12-8-13(17)6-7-15(12)18/h6-8,11,14H,2-5,9-10,19H2,1H3. The molecule has 3 nitrogen and oxygen atoms in total. The van der Waals surface area contributed by atoms with E-state index in [0.29, 0.717) is 0 Å². The van der Waals surface area contributed by atoms with Crippen molar-refractivity contribution in [1.82, 2.24) is 4.90 Å². The van der Waals surface area contributed by atoms with Crippen molar-refractivity contribution in [2.75, 3.05) is 6.54 Å². The van der Waals surface area contributed by atoms with E-state index in [1.807, 2.05) is 0 Å². The first-order valence-corrected chi connectivity index (χ1v) is 7.47. The lowest BCUT2D eigenvalue weighted by molar-refractivity contribution is -0.137. The number of carbonyl (C=O) groups excluding carboxylic acids is 1. The van der Waals surface area contributed by atoms with E-state index in [9.17, 15) is 13.6 Å². The van der Waals surface area contributed by atoms with Crippen LogP contribution in [-0.4, -0.2) is 23.4 Å². The summed E-state index contributed by atoms with van der Waals surface area (Å²) in [5, 5.41) is 0. The Morgan fingerprint density at radius 3 is 2.67 bits per heavy atom. The minimum atomic E-state index is -0.489. The molecule has 1 saturated carbocycles. The van der Waals surface area contributed by atoms with Crippen molar-refractivity contribution in [1.29, 1.82) is 0 Å². The van der Waals surface area contributed by atoms with Crippen LogP contribution in [0.1, 0.15) is 38.2 Å². The van der Waals surface area contributed by atoms with Crippen molar-refractivity contribution < 1.29 is 13.6 Å². The first kappa shape index (κ1) is 15.9. The molecule has 0 bridgehead atoms. The zero-order chi connectivity index (χ0) is 15.4. The van der Waals surface area contributed by atoms with Crippen LogP contribution in [0.25, 0.3) is 0 Å². The van der Waals surface area contributed by atoms with Crippen molar-refractivity contribution in [3.8, 4) is 0 Å². The lowest BCUT2D eigenvalue weighted by Crippen LogP contribution is -2.43. The zero-order valence-corrected chi connectivity index (χ0v) is 12.3. The SMILES string of the molecule is CC(CN)C(=O)N(Cc1cc(F)ccc1F)C1CCCC1. The van der Waals surface area contributed by atoms with Gasteiger partial charge in [-0.05, 0) is 31.0 Å². The Balaban J connectivity index is 2.22. The number of rotatable bonds is 5. The Morgan fingerprint density at radius 1 is 1.38 bits per heavy atom. The summed E-state index contributed by atoms with van der Waals surface area (Å²) in [6.07, 6.45) is 3.97. The third-order valence-corrected chi connectivity index (χ3v) is 4.17. The van der Waals surface area contributed by atoms with Gasteiger partial charge in [-0.1, -0.05) is 19.8 Å². The van der Waals surface area contributed by atoms with Gasteiger partial charge in [-0.2, -0.15) is 0 Å². The number of carbonyl (C=O) groups is 1. The van der Waals surface area contributed by atoms with Crippen molar-refractivity contribution >= 4 is 5.91 Å². The highest BCUT2D eigenvalue weighted by Gasteiger charge is 2.29. The van der Waals surface area contributed by atoms with Gasteiger partial charge >= 0.3 is 0 Å². The van der Waals surface area contributed by atoms with Crippen LogP contribution in [0.4, 0.5) is 8.78 Å². The molecular formula is C16H22F2N2O. The molecule has 1 aliphatic rings. The molecule has 0 spiro atoms. The summed E-state index contributed by atoms with van der Waals surface area (Å²) in [5.74, 6) is -1.35. The topological polar surface area (TPSA) is 46.3 Å². The molecule has 1 amide bonds. The lowest BCUT2D eigenvalue weighted by atomic mass is 10.1. The molecule has 0 aromatic heterocycles. The third-order valence-electron chi connectivity index (χ3n) is 4.17. The van der Waals surface area contributed by atoms with E-state index < -0.39 is 11.6 Å². The Morgan fingerprint density at radius 2 is 2.05 bits per heavy atom. The molecule has 21 heavy (non-hydrogen) atoms. The van der Waals surface area contributed by atoms with Gasteiger partial charge in [-0.25, -0.2) is 8.78 Å². The van der Waals surface area contributed by atoms with E-state index in [0.717, 1.165) is 43.9 Å². The summed E-state index contributed by atoms with van der Waals surface area (Å²) in [4.78, 5) is 14.2. The number of halogens is 2. The third kappa shape index (κ3) is 3.79. The number of nitrogens with zero attached hydrogens (tertiary/aromatic N) is 1. The van der Waals surface area contributed by atoms with E-state index in [1.54, 1.807) is 11.8 Å². The minimum absolute atomic E-state index is 0.0759. The second-order valence-electron chi connectivity index (χ2n) is 5.78. The van der Waals surface area contributed by atoms with Crippen LogP contribution in [0.5, 0.6) is 0 Å². The Hall–Kier alpha value is -1.49. The molecule has 2 rings (SSSR count). The highest BCUT2D eigenvalue weighted by atomic mass is 19.1. The molecule has 0 saturated heterocycles. The predicted octanol–water partition coefficient (Wildman–Crippen LogP) is 2.83. The lowest BCUT2D eigenvalue weighted by Gasteiger charge is -2.31. The van der Waals surface area contributed by atoms with Crippen molar-refractivity contribution in [2.45, 2.75) is 45.2 Å². The fourth-order valence-corrected chi connectivity index (χ4v) is 2.83. The molecule has 1 atom stereocenters. The number of hydrogen-bond acceptors (Lipinski definition) is 2. The molecule has 1 fully saturated rings. The summed E-state index contributed by atoms with van der Waals surface area (Å²) in [6.45, 7) is 2.14. The fourth-order valence-electron chi connectivity index (χ4n) is 2.83. The molecule has 1 aliphatic carbocycles. The van der Waals surface area contributed by atoms with Crippen LogP contribution in [0, 0.1) is 17.6 Å². The number of nitrogens with two attached hydrogens (primary N) is 1. The van der Waals surface area contributed by atoms with Gasteiger partial charge in [0.05, 0.1) is 0 Å². The molecule has 5 heteroatoms. The Labute approximate surface area is 124 Å². The highest BCUT2D eigenvalue weighted by Crippen LogP contribution is 2.27. The quantitative estimate of drug-likeness (QED) is 0.908. The van der Waals surface area contributed by atoms with Crippen molar-refractivity contribution in [3.05, 3.63) is 35.4 Å². The molecular weight excluding hydrogens is 274 g/mol. The maximum absolute atomic E-state index is 13.8. The molecule has 1 aromatic rings. The monoisotopic (exact) mass is 296 g/mol. The van der Waals surface area contributed by atoms with Gasteiger partial charge in [0.25, 0.3) is 0 Å². The van der Waals surface area contributed by atoms with Crippen LogP contribution in [0.2, 0.25) is 0 Å². The maximum atomic E-state index is 13.8. The fraction of sp³-hybridized carbons (Fsp3) is 0.562. The van der Waals surface area contributed by atoms with E-state index in [2.05, 4.69) is 0 Å². The molecule has 2 N–H and O–H groups in total. The molecule has 1 aromatic carbocycles. The minimum Gasteiger partial charge on any atom is -0.335 e. The molecule has 0 aliphatic heterocycles. The number of hydrogen-bond donors (Lipinski definition) is 1. The van der Waals surface area contributed by atoms with E-state index in [1.165, 1.54) is 0 Å². The second-order valence-corrected chi connectivity index (χ2v) is 5.78. The van der Waals surface area contributed by atoms with Gasteiger partial charge in [0, 0.05) is 30.6 Å². The van der Waals surface area contributed by atoms with E-state index in [4.69, 9.17) is 5.73 Å². The molecule has 1 unspecified atom stereocenters. The number of benzene rings is 1. The zero-order valence-electron chi connectivity index (χ0n) is 12.3. The van der Waals surface area contributed by atoms with Gasteiger partial charge in [-0.3, -0.25) is 4.79 Å². The molecule has 116 valence electrons. The first-order chi connectivity index (χ1) is 10.0. The summed E-state index contributed by atoms with van der Waals surface area (Å²) in [6, 6.07) is 3.46. The summed E-state index contributed by atoms with van der Waals surface area (Å²) in [7, 11) is 0. The summed E-state index contributed by atoms with van der Waals surface area (Å²) < 4.78 is 27.1. The smallest absolute Gasteiger partial charge is 0.227 e.